The maximum Gasteiger partial charge on any atom is 0.265 e. The number of aryl methyl sites for hydroxylation is 2. The minimum Gasteiger partial charge on any atom is -0.247 e. The van der Waals surface area contributed by atoms with Crippen LogP contribution in [-0.4, -0.2) is 18.4 Å². The number of nitrogens with zero attached hydrogens (tertiary/aromatic N) is 2. The Morgan fingerprint density at radius 1 is 1.21 bits per heavy atom. The molecule has 0 aliphatic carbocycles. The highest BCUT2D eigenvalue weighted by Crippen LogP contribution is 2.24. The number of nitrogens with one attached hydrogen (secondary N) is 1. The van der Waals surface area contributed by atoms with Gasteiger partial charge in [0.2, 0.25) is 5.95 Å². The average Bonchev–Trinajstić information content (AvgIpc) is 2.31. The van der Waals surface area contributed by atoms with Crippen LogP contribution in [0.5, 0.6) is 0 Å². The lowest BCUT2D eigenvalue weighted by molar-refractivity contribution is 0.600. The Balaban J connectivity index is 2.40. The Hall–Kier alpha value is -1.47. The van der Waals surface area contributed by atoms with E-state index in [2.05, 4.69) is 30.6 Å². The second-order valence-corrected chi connectivity index (χ2v) is 6.57. The van der Waals surface area contributed by atoms with Gasteiger partial charge in [0.05, 0.1) is 0 Å². The second kappa shape index (κ2) is 5.26. The van der Waals surface area contributed by atoms with Crippen molar-refractivity contribution in [1.82, 2.24) is 9.97 Å². The van der Waals surface area contributed by atoms with Gasteiger partial charge in [-0.1, -0.05) is 6.07 Å². The first-order valence-electron chi connectivity index (χ1n) is 5.47. The van der Waals surface area contributed by atoms with E-state index in [-0.39, 0.29) is 10.8 Å². The van der Waals surface area contributed by atoms with Crippen molar-refractivity contribution >= 4 is 31.9 Å². The Bertz CT molecular complexity index is 717. The summed E-state index contributed by atoms with van der Waals surface area (Å²) in [5.74, 6) is 0.0633. The largest absolute Gasteiger partial charge is 0.265 e. The zero-order valence-corrected chi connectivity index (χ0v) is 12.8. The smallest absolute Gasteiger partial charge is 0.247 e. The Kier molecular flexibility index (Phi) is 3.86. The van der Waals surface area contributed by atoms with E-state index in [1.54, 1.807) is 25.1 Å². The lowest BCUT2D eigenvalue weighted by Gasteiger charge is -2.09. The quantitative estimate of drug-likeness (QED) is 0.931. The van der Waals surface area contributed by atoms with Crippen LogP contribution in [-0.2, 0) is 10.0 Å². The molecule has 0 saturated carbocycles. The Labute approximate surface area is 120 Å². The van der Waals surface area contributed by atoms with Crippen LogP contribution in [0.2, 0.25) is 0 Å². The van der Waals surface area contributed by atoms with Gasteiger partial charge in [0, 0.05) is 16.4 Å². The molecule has 1 N–H and O–H groups in total. The monoisotopic (exact) mass is 341 g/mol. The van der Waals surface area contributed by atoms with Crippen molar-refractivity contribution in [2.75, 3.05) is 4.72 Å². The summed E-state index contributed by atoms with van der Waals surface area (Å²) in [5.41, 5.74) is 1.55. The summed E-state index contributed by atoms with van der Waals surface area (Å²) < 4.78 is 27.4. The van der Waals surface area contributed by atoms with E-state index in [0.29, 0.717) is 10.2 Å². The van der Waals surface area contributed by atoms with E-state index >= 15 is 0 Å². The molecule has 0 spiro atoms. The molecule has 0 unspecified atom stereocenters. The van der Waals surface area contributed by atoms with Gasteiger partial charge in [-0.15, -0.1) is 0 Å². The summed E-state index contributed by atoms with van der Waals surface area (Å²) >= 11 is 3.23. The maximum atomic E-state index is 12.3. The van der Waals surface area contributed by atoms with Crippen LogP contribution in [0.25, 0.3) is 0 Å². The van der Waals surface area contributed by atoms with E-state index in [0.717, 1.165) is 5.56 Å². The highest BCUT2D eigenvalue weighted by atomic mass is 79.9. The number of aromatic nitrogens is 2. The number of sulfonamides is 1. The molecule has 5 nitrogen and oxygen atoms in total. The molecule has 0 atom stereocenters. The lowest BCUT2D eigenvalue weighted by Crippen LogP contribution is -2.16. The van der Waals surface area contributed by atoms with Crippen LogP contribution in [0.15, 0.2) is 39.8 Å². The summed E-state index contributed by atoms with van der Waals surface area (Å²) in [6, 6.07) is 6.80. The lowest BCUT2D eigenvalue weighted by atomic mass is 10.2. The van der Waals surface area contributed by atoms with Crippen LogP contribution in [0, 0.1) is 13.8 Å². The van der Waals surface area contributed by atoms with Crippen LogP contribution in [0.3, 0.4) is 0 Å². The Morgan fingerprint density at radius 2 is 1.95 bits per heavy atom. The second-order valence-electron chi connectivity index (χ2n) is 4.06. The summed E-state index contributed by atoms with van der Waals surface area (Å²) in [6.45, 7) is 3.59. The number of hydrogen-bond acceptors (Lipinski definition) is 4. The predicted octanol–water partition coefficient (Wildman–Crippen LogP) is 2.66. The summed E-state index contributed by atoms with van der Waals surface area (Å²) in [4.78, 5) is 8.07. The molecule has 2 aromatic rings. The van der Waals surface area contributed by atoms with Crippen molar-refractivity contribution in [2.24, 2.45) is 0 Å². The fourth-order valence-electron chi connectivity index (χ4n) is 1.49. The van der Waals surface area contributed by atoms with Crippen molar-refractivity contribution in [2.45, 2.75) is 18.7 Å². The molecule has 0 fully saturated rings. The molecule has 0 amide bonds. The number of rotatable bonds is 3. The first-order valence-corrected chi connectivity index (χ1v) is 7.75. The molecule has 0 bridgehead atoms. The third kappa shape index (κ3) is 3.30. The van der Waals surface area contributed by atoms with Crippen molar-refractivity contribution in [1.29, 1.82) is 0 Å². The zero-order valence-electron chi connectivity index (χ0n) is 10.4. The number of benzene rings is 1. The van der Waals surface area contributed by atoms with Gasteiger partial charge >= 0.3 is 0 Å². The molecule has 0 saturated heterocycles. The van der Waals surface area contributed by atoms with Crippen molar-refractivity contribution in [3.05, 3.63) is 46.2 Å². The predicted molar refractivity (Wildman–Crippen MR) is 76.5 cm³/mol. The first-order chi connectivity index (χ1) is 8.88. The van der Waals surface area contributed by atoms with E-state index < -0.39 is 10.0 Å². The van der Waals surface area contributed by atoms with E-state index in [1.165, 1.54) is 6.20 Å². The zero-order chi connectivity index (χ0) is 14.0. The van der Waals surface area contributed by atoms with Gasteiger partial charge in [-0.2, -0.15) is 0 Å². The molecule has 0 radical (unpaired) electrons. The fraction of sp³-hybridized carbons (Fsp3) is 0.167. The minimum atomic E-state index is -3.71. The highest BCUT2D eigenvalue weighted by Gasteiger charge is 2.19. The molecule has 1 heterocycles. The molecule has 2 rings (SSSR count). The van der Waals surface area contributed by atoms with Gasteiger partial charge in [0.15, 0.2) is 0 Å². The third-order valence-electron chi connectivity index (χ3n) is 2.40. The number of halogens is 1. The molecule has 7 heteroatoms. The SMILES string of the molecule is Cc1ccc(Br)c(S(=O)(=O)Nc2nccc(C)n2)c1. The van der Waals surface area contributed by atoms with Gasteiger partial charge in [-0.3, -0.25) is 0 Å². The topological polar surface area (TPSA) is 72.0 Å². The highest BCUT2D eigenvalue weighted by molar-refractivity contribution is 9.10. The fourth-order valence-corrected chi connectivity index (χ4v) is 3.49. The number of hydrogen-bond donors (Lipinski definition) is 1. The molecule has 19 heavy (non-hydrogen) atoms. The maximum absolute atomic E-state index is 12.3. The van der Waals surface area contributed by atoms with E-state index in [9.17, 15) is 8.42 Å². The average molecular weight is 342 g/mol. The molecular weight excluding hydrogens is 330 g/mol. The molecular formula is C12H12BrN3O2S. The van der Waals surface area contributed by atoms with E-state index in [4.69, 9.17) is 0 Å². The minimum absolute atomic E-state index is 0.0633. The summed E-state index contributed by atoms with van der Waals surface area (Å²) in [7, 11) is -3.71. The molecule has 1 aromatic heterocycles. The molecule has 0 aliphatic heterocycles. The van der Waals surface area contributed by atoms with Gasteiger partial charge in [-0.25, -0.2) is 23.1 Å². The van der Waals surface area contributed by atoms with Crippen LogP contribution in [0.1, 0.15) is 11.3 Å². The molecule has 0 aliphatic rings. The van der Waals surface area contributed by atoms with Crippen LogP contribution < -0.4 is 4.72 Å². The van der Waals surface area contributed by atoms with Crippen molar-refractivity contribution in [3.63, 3.8) is 0 Å². The summed E-state index contributed by atoms with van der Waals surface area (Å²) in [6.07, 6.45) is 1.51. The van der Waals surface area contributed by atoms with Crippen molar-refractivity contribution in [3.8, 4) is 0 Å². The van der Waals surface area contributed by atoms with E-state index in [1.807, 2.05) is 13.0 Å². The molecule has 1 aromatic carbocycles. The standard InChI is InChI=1S/C12H12BrN3O2S/c1-8-3-4-10(13)11(7-8)19(17,18)16-12-14-6-5-9(2)15-12/h3-7H,1-2H3,(H,14,15,16). The molecule has 100 valence electrons. The van der Waals surface area contributed by atoms with Gasteiger partial charge in [0.1, 0.15) is 4.90 Å². The third-order valence-corrected chi connectivity index (χ3v) is 4.72. The number of anilines is 1. The summed E-state index contributed by atoms with van der Waals surface area (Å²) in [5, 5.41) is 0. The van der Waals surface area contributed by atoms with Gasteiger partial charge in [-0.05, 0) is 53.5 Å². The normalized spacial score (nSPS) is 11.3. The van der Waals surface area contributed by atoms with Crippen molar-refractivity contribution < 1.29 is 8.42 Å². The van der Waals surface area contributed by atoms with Crippen LogP contribution in [0.4, 0.5) is 5.95 Å². The first kappa shape index (κ1) is 14.0. The van der Waals surface area contributed by atoms with Gasteiger partial charge in [0.25, 0.3) is 10.0 Å². The van der Waals surface area contributed by atoms with Crippen LogP contribution >= 0.6 is 15.9 Å². The Morgan fingerprint density at radius 3 is 2.63 bits per heavy atom. The van der Waals surface area contributed by atoms with Gasteiger partial charge < -0.3 is 0 Å².